The topological polar surface area (TPSA) is 113 Å². The summed E-state index contributed by atoms with van der Waals surface area (Å²) in [4.78, 5) is 34.0. The van der Waals surface area contributed by atoms with Crippen LogP contribution >= 0.6 is 0 Å². The highest BCUT2D eigenvalue weighted by Crippen LogP contribution is 2.36. The molecule has 128 valence electrons. The van der Waals surface area contributed by atoms with Crippen molar-refractivity contribution in [3.63, 3.8) is 0 Å². The van der Waals surface area contributed by atoms with Crippen LogP contribution in [0.4, 0.5) is 0 Å². The summed E-state index contributed by atoms with van der Waals surface area (Å²) in [5.74, 6) is -1.51. The molecule has 7 nitrogen and oxygen atoms in total. The maximum Gasteiger partial charge on any atom is 0.526 e. The van der Waals surface area contributed by atoms with Crippen molar-refractivity contribution in [1.29, 1.82) is 0 Å². The molecule has 24 heavy (non-hydrogen) atoms. The number of ketones is 1. The van der Waals surface area contributed by atoms with Crippen LogP contribution in [0.25, 0.3) is 0 Å². The number of hydrogen-bond acceptors (Lipinski definition) is 5. The Morgan fingerprint density at radius 2 is 2.12 bits per heavy atom. The lowest BCUT2D eigenvalue weighted by Crippen LogP contribution is -2.35. The lowest BCUT2D eigenvalue weighted by molar-refractivity contribution is -0.121. The third-order valence-corrected chi connectivity index (χ3v) is 3.95. The van der Waals surface area contributed by atoms with Gasteiger partial charge in [-0.05, 0) is 24.5 Å². The molecule has 8 heteroatoms. The van der Waals surface area contributed by atoms with Gasteiger partial charge >= 0.3 is 13.1 Å². The summed E-state index contributed by atoms with van der Waals surface area (Å²) in [7, 11) is -1.21. The van der Waals surface area contributed by atoms with Crippen molar-refractivity contribution >= 4 is 24.8 Å². The first kappa shape index (κ1) is 18.0. The fourth-order valence-electron chi connectivity index (χ4n) is 2.77. The van der Waals surface area contributed by atoms with Crippen LogP contribution in [0.1, 0.15) is 42.1 Å². The van der Waals surface area contributed by atoms with E-state index in [1.54, 1.807) is 12.1 Å². The van der Waals surface area contributed by atoms with E-state index in [0.717, 1.165) is 0 Å². The van der Waals surface area contributed by atoms with Gasteiger partial charge in [-0.1, -0.05) is 12.1 Å². The average Bonchev–Trinajstić information content (AvgIpc) is 2.51. The lowest BCUT2D eigenvalue weighted by Gasteiger charge is -2.28. The van der Waals surface area contributed by atoms with E-state index in [2.05, 4.69) is 5.32 Å². The normalized spacial score (nSPS) is 16.1. The number of para-hydroxylation sites is 1. The summed E-state index contributed by atoms with van der Waals surface area (Å²) in [5.41, 5.74) is 0.683. The Kier molecular flexibility index (Phi) is 5.97. The predicted molar refractivity (Wildman–Crippen MR) is 87.0 cm³/mol. The van der Waals surface area contributed by atoms with Gasteiger partial charge in [0.1, 0.15) is 11.5 Å². The maximum atomic E-state index is 12.0. The second kappa shape index (κ2) is 7.96. The average molecular weight is 333 g/mol. The second-order valence-corrected chi connectivity index (χ2v) is 5.90. The van der Waals surface area contributed by atoms with Gasteiger partial charge in [0.2, 0.25) is 5.91 Å². The van der Waals surface area contributed by atoms with Crippen molar-refractivity contribution in [2.45, 2.75) is 38.4 Å². The van der Waals surface area contributed by atoms with Gasteiger partial charge in [0.25, 0.3) is 0 Å². The molecule has 0 bridgehead atoms. The molecule has 2 rings (SSSR count). The highest BCUT2D eigenvalue weighted by Gasteiger charge is 2.37. The zero-order valence-electron chi connectivity index (χ0n) is 13.4. The van der Waals surface area contributed by atoms with Gasteiger partial charge in [-0.3, -0.25) is 9.59 Å². The van der Waals surface area contributed by atoms with E-state index in [-0.39, 0.29) is 29.4 Å². The first-order valence-electron chi connectivity index (χ1n) is 7.84. The molecule has 1 amide bonds. The van der Waals surface area contributed by atoms with Crippen LogP contribution in [-0.4, -0.2) is 41.5 Å². The van der Waals surface area contributed by atoms with E-state index in [9.17, 15) is 19.4 Å². The van der Waals surface area contributed by atoms with E-state index >= 15 is 0 Å². The van der Waals surface area contributed by atoms with Gasteiger partial charge < -0.3 is 20.1 Å². The van der Waals surface area contributed by atoms with E-state index in [1.807, 2.05) is 0 Å². The van der Waals surface area contributed by atoms with Gasteiger partial charge in [0.15, 0.2) is 0 Å². The Bertz CT molecular complexity index is 647. The SMILES string of the molecule is CC(=O)NCCCC(=O)C[C@H]1Cc2cccc(C(=O)O)c2OB1O. The zero-order chi connectivity index (χ0) is 17.7. The summed E-state index contributed by atoms with van der Waals surface area (Å²) in [5, 5.41) is 21.9. The summed E-state index contributed by atoms with van der Waals surface area (Å²) in [6, 6.07) is 4.78. The molecule has 1 aliphatic rings. The molecule has 0 unspecified atom stereocenters. The number of carboxylic acid groups (broad SMARTS) is 1. The van der Waals surface area contributed by atoms with Crippen molar-refractivity contribution in [1.82, 2.24) is 5.32 Å². The van der Waals surface area contributed by atoms with Gasteiger partial charge in [-0.25, -0.2) is 4.79 Å². The van der Waals surface area contributed by atoms with E-state index in [1.165, 1.54) is 13.0 Å². The number of rotatable bonds is 7. The number of nitrogens with one attached hydrogen (secondary N) is 1. The molecule has 0 saturated heterocycles. The number of hydrogen-bond donors (Lipinski definition) is 3. The van der Waals surface area contributed by atoms with Crippen LogP contribution in [0.5, 0.6) is 5.75 Å². The van der Waals surface area contributed by atoms with Gasteiger partial charge in [-0.2, -0.15) is 0 Å². The Hall–Kier alpha value is -2.35. The van der Waals surface area contributed by atoms with Gasteiger partial charge in [0.05, 0.1) is 5.56 Å². The molecule has 3 N–H and O–H groups in total. The number of aromatic carboxylic acids is 1. The minimum atomic E-state index is -1.21. The molecule has 0 fully saturated rings. The molecular formula is C16H20BNO6. The lowest BCUT2D eigenvalue weighted by atomic mass is 9.64. The Labute approximate surface area is 140 Å². The number of carboxylic acids is 1. The van der Waals surface area contributed by atoms with Crippen molar-refractivity contribution in [3.8, 4) is 5.75 Å². The Morgan fingerprint density at radius 3 is 2.79 bits per heavy atom. The molecule has 0 saturated carbocycles. The summed E-state index contributed by atoms with van der Waals surface area (Å²) >= 11 is 0. The fourth-order valence-corrected chi connectivity index (χ4v) is 2.77. The van der Waals surface area contributed by atoms with Crippen LogP contribution < -0.4 is 9.97 Å². The van der Waals surface area contributed by atoms with Crippen LogP contribution in [0, 0.1) is 0 Å². The van der Waals surface area contributed by atoms with E-state index in [0.29, 0.717) is 31.4 Å². The monoisotopic (exact) mass is 333 g/mol. The smallest absolute Gasteiger partial charge is 0.526 e. The maximum absolute atomic E-state index is 12.0. The first-order valence-corrected chi connectivity index (χ1v) is 7.84. The molecule has 1 atom stereocenters. The quantitative estimate of drug-likeness (QED) is 0.508. The van der Waals surface area contributed by atoms with Crippen molar-refractivity contribution in [3.05, 3.63) is 29.3 Å². The molecule has 1 aromatic rings. The second-order valence-electron chi connectivity index (χ2n) is 5.90. The van der Waals surface area contributed by atoms with Crippen LogP contribution in [-0.2, 0) is 16.0 Å². The van der Waals surface area contributed by atoms with E-state index < -0.39 is 18.9 Å². The highest BCUT2D eigenvalue weighted by atomic mass is 16.5. The minimum absolute atomic E-state index is 0.00614. The molecule has 1 aliphatic heterocycles. The summed E-state index contributed by atoms with van der Waals surface area (Å²) in [6.07, 6.45) is 1.39. The number of fused-ring (bicyclic) bond motifs is 1. The fraction of sp³-hybridized carbons (Fsp3) is 0.438. The van der Waals surface area contributed by atoms with Gasteiger partial charge in [-0.15, -0.1) is 0 Å². The van der Waals surface area contributed by atoms with E-state index in [4.69, 9.17) is 9.76 Å². The number of Topliss-reactive ketones (excluding diaryl/α,β-unsaturated/α-hetero) is 1. The predicted octanol–water partition coefficient (Wildman–Crippen LogP) is 1.05. The van der Waals surface area contributed by atoms with Crippen molar-refractivity contribution in [2.75, 3.05) is 6.54 Å². The number of amides is 1. The third kappa shape index (κ3) is 4.58. The zero-order valence-corrected chi connectivity index (χ0v) is 13.4. The molecule has 0 radical (unpaired) electrons. The highest BCUT2D eigenvalue weighted by molar-refractivity contribution is 6.47. The summed E-state index contributed by atoms with van der Waals surface area (Å²) in [6.45, 7) is 1.86. The Balaban J connectivity index is 1.94. The van der Waals surface area contributed by atoms with Crippen molar-refractivity contribution < 1.29 is 29.2 Å². The Morgan fingerprint density at radius 1 is 1.38 bits per heavy atom. The third-order valence-electron chi connectivity index (χ3n) is 3.95. The van der Waals surface area contributed by atoms with Crippen LogP contribution in [0.2, 0.25) is 5.82 Å². The number of benzene rings is 1. The van der Waals surface area contributed by atoms with Crippen LogP contribution in [0.15, 0.2) is 18.2 Å². The number of carbonyl (C=O) groups excluding carboxylic acids is 2. The summed E-state index contributed by atoms with van der Waals surface area (Å²) < 4.78 is 5.36. The molecule has 1 heterocycles. The number of carbonyl (C=O) groups is 3. The molecule has 0 aromatic heterocycles. The van der Waals surface area contributed by atoms with Gasteiger partial charge in [0, 0.05) is 32.1 Å². The molecule has 0 aliphatic carbocycles. The minimum Gasteiger partial charge on any atom is -0.535 e. The largest absolute Gasteiger partial charge is 0.535 e. The van der Waals surface area contributed by atoms with Crippen molar-refractivity contribution in [2.24, 2.45) is 0 Å². The van der Waals surface area contributed by atoms with Crippen LogP contribution in [0.3, 0.4) is 0 Å². The molecule has 1 aromatic carbocycles. The first-order chi connectivity index (χ1) is 11.4. The molecular weight excluding hydrogens is 313 g/mol. The standard InChI is InChI=1S/C16H20BNO6/c1-10(19)18-7-3-5-13(20)9-12-8-11-4-2-6-14(16(21)22)15(11)24-17(12)23/h2,4,6,12,23H,3,5,7-9H2,1H3,(H,18,19)(H,21,22)/t12-/m1/s1. The molecule has 0 spiro atoms.